The molecule has 3 fully saturated rings. The summed E-state index contributed by atoms with van der Waals surface area (Å²) >= 11 is 1.27. The average Bonchev–Trinajstić information content (AvgIpc) is 3.78. The number of β-amino-alcohol motifs (C(OH)–C–C–N with tert-alkyl or cyclic N) is 1. The molecule has 1 aromatic carbocycles. The molecule has 0 amide bonds. The molecule has 3 saturated heterocycles. The number of ether oxygens (including phenoxy) is 3. The Kier molecular flexibility index (Phi) is 8.85. The van der Waals surface area contributed by atoms with Gasteiger partial charge in [0.2, 0.25) is 0 Å². The number of benzene rings is 1. The second-order valence-corrected chi connectivity index (χ2v) is 15.4. The second-order valence-electron chi connectivity index (χ2n) is 14.4. The summed E-state index contributed by atoms with van der Waals surface area (Å²) in [7, 11) is 2.08. The van der Waals surface area contributed by atoms with Crippen LogP contribution in [-0.4, -0.2) is 99.0 Å². The molecule has 11 nitrogen and oxygen atoms in total. The van der Waals surface area contributed by atoms with Gasteiger partial charge in [-0.3, -0.25) is 9.88 Å². The van der Waals surface area contributed by atoms with E-state index < -0.39 is 17.3 Å². The molecule has 4 atom stereocenters. The summed E-state index contributed by atoms with van der Waals surface area (Å²) in [6.45, 7) is 7.96. The first-order valence-corrected chi connectivity index (χ1v) is 18.4. The van der Waals surface area contributed by atoms with Gasteiger partial charge < -0.3 is 24.2 Å². The first-order valence-electron chi connectivity index (χ1n) is 17.6. The number of aromatic nitrogens is 5. The topological polar surface area (TPSA) is 111 Å². The highest BCUT2D eigenvalue weighted by molar-refractivity contribution is 7.26. The number of hydrogen-bond donors (Lipinski definition) is 1. The number of fused-ring (bicyclic) bond motifs is 4. The van der Waals surface area contributed by atoms with Gasteiger partial charge in [0, 0.05) is 41.7 Å². The van der Waals surface area contributed by atoms with Crippen molar-refractivity contribution in [3.8, 4) is 17.3 Å². The predicted octanol–water partition coefficient (Wildman–Crippen LogP) is 6.73. The van der Waals surface area contributed by atoms with Crippen molar-refractivity contribution in [2.45, 2.75) is 83.0 Å². The number of pyridine rings is 1. The summed E-state index contributed by atoms with van der Waals surface area (Å²) < 4.78 is 65.6. The maximum atomic E-state index is 15.1. The van der Waals surface area contributed by atoms with Gasteiger partial charge in [0.1, 0.15) is 22.4 Å². The van der Waals surface area contributed by atoms with Gasteiger partial charge in [0.05, 0.1) is 52.8 Å². The average molecular weight is 726 g/mol. The molecule has 51 heavy (non-hydrogen) atoms. The van der Waals surface area contributed by atoms with Crippen LogP contribution in [0.1, 0.15) is 63.3 Å². The van der Waals surface area contributed by atoms with Gasteiger partial charge in [0.15, 0.2) is 6.23 Å². The van der Waals surface area contributed by atoms with Crippen molar-refractivity contribution in [3.63, 3.8) is 0 Å². The van der Waals surface area contributed by atoms with Gasteiger partial charge >= 0.3 is 12.2 Å². The van der Waals surface area contributed by atoms with Crippen LogP contribution in [0.15, 0.2) is 24.5 Å². The number of likely N-dealkylation sites (tertiary alicyclic amines) is 1. The van der Waals surface area contributed by atoms with E-state index in [2.05, 4.69) is 22.0 Å². The van der Waals surface area contributed by atoms with Crippen LogP contribution in [0, 0.1) is 6.92 Å². The third-order valence-electron chi connectivity index (χ3n) is 10.4. The van der Waals surface area contributed by atoms with E-state index in [-0.39, 0.29) is 54.4 Å². The zero-order valence-corrected chi connectivity index (χ0v) is 30.0. The Morgan fingerprint density at radius 1 is 1.12 bits per heavy atom. The summed E-state index contributed by atoms with van der Waals surface area (Å²) in [5.74, 6) is 0.531. The minimum Gasteiger partial charge on any atom is -0.459 e. The molecule has 15 heteroatoms. The van der Waals surface area contributed by atoms with Crippen molar-refractivity contribution in [3.05, 3.63) is 35.7 Å². The Labute approximate surface area is 297 Å². The minimum atomic E-state index is -4.66. The van der Waals surface area contributed by atoms with E-state index in [0.29, 0.717) is 56.8 Å². The van der Waals surface area contributed by atoms with Crippen molar-refractivity contribution in [1.82, 2.24) is 29.6 Å². The van der Waals surface area contributed by atoms with Crippen molar-refractivity contribution in [1.29, 1.82) is 0 Å². The van der Waals surface area contributed by atoms with E-state index in [4.69, 9.17) is 24.2 Å². The molecule has 7 heterocycles. The molecule has 3 aliphatic heterocycles. The molecule has 0 radical (unpaired) electrons. The van der Waals surface area contributed by atoms with Gasteiger partial charge in [-0.1, -0.05) is 0 Å². The Morgan fingerprint density at radius 3 is 2.71 bits per heavy atom. The number of aliphatic hydroxyl groups is 1. The lowest BCUT2D eigenvalue weighted by molar-refractivity contribution is -0.137. The van der Waals surface area contributed by atoms with Crippen LogP contribution in [0.4, 0.5) is 19.0 Å². The van der Waals surface area contributed by atoms with Crippen molar-refractivity contribution >= 4 is 48.4 Å². The quantitative estimate of drug-likeness (QED) is 0.202. The summed E-state index contributed by atoms with van der Waals surface area (Å²) in [5, 5.41) is 17.4. The lowest BCUT2D eigenvalue weighted by Crippen LogP contribution is -2.42. The number of nitrogens with zero attached hydrogens (tertiary/aromatic N) is 7. The lowest BCUT2D eigenvalue weighted by Gasteiger charge is -2.29. The van der Waals surface area contributed by atoms with E-state index >= 15 is 13.2 Å². The van der Waals surface area contributed by atoms with Crippen LogP contribution >= 0.6 is 11.3 Å². The monoisotopic (exact) mass is 725 g/mol. The fourth-order valence-electron chi connectivity index (χ4n) is 8.06. The number of likely N-dealkylation sites (N-methyl/N-ethyl adjacent to an activating group) is 1. The van der Waals surface area contributed by atoms with E-state index in [1.54, 1.807) is 29.9 Å². The SMILES string of the molecule is Cc1cc2c(cnn2C2CCCCO2)c(-c2nccc3c2sc2nc(O[C@@H](C)[C@@H]4CCCN4C)nc(N4CCOC[C@@](C)(O)C4)c23)c1C(F)(F)F. The van der Waals surface area contributed by atoms with Crippen LogP contribution in [0.25, 0.3) is 42.5 Å². The molecule has 8 rings (SSSR count). The van der Waals surface area contributed by atoms with Crippen molar-refractivity contribution in [2.24, 2.45) is 0 Å². The smallest absolute Gasteiger partial charge is 0.417 e. The molecular weight excluding hydrogens is 684 g/mol. The molecular formula is C36H42F3N7O4S. The Balaban J connectivity index is 1.35. The van der Waals surface area contributed by atoms with Gasteiger partial charge in [-0.05, 0) is 84.2 Å². The first-order chi connectivity index (χ1) is 24.4. The van der Waals surface area contributed by atoms with Crippen LogP contribution < -0.4 is 9.64 Å². The summed E-state index contributed by atoms with van der Waals surface area (Å²) in [6, 6.07) is 3.73. The fourth-order valence-corrected chi connectivity index (χ4v) is 9.21. The predicted molar refractivity (Wildman–Crippen MR) is 189 cm³/mol. The second kappa shape index (κ2) is 13.1. The van der Waals surface area contributed by atoms with Gasteiger partial charge in [-0.15, -0.1) is 11.3 Å². The number of halogens is 3. The fraction of sp³-hybridized carbons (Fsp3) is 0.556. The zero-order chi connectivity index (χ0) is 35.7. The number of aryl methyl sites for hydroxylation is 1. The number of anilines is 1. The molecule has 3 aliphatic rings. The number of hydrogen-bond acceptors (Lipinski definition) is 11. The first kappa shape index (κ1) is 34.5. The largest absolute Gasteiger partial charge is 0.459 e. The molecule has 1 unspecified atom stereocenters. The van der Waals surface area contributed by atoms with Crippen LogP contribution in [0.3, 0.4) is 0 Å². The van der Waals surface area contributed by atoms with Crippen molar-refractivity contribution in [2.75, 3.05) is 51.4 Å². The van der Waals surface area contributed by atoms with Gasteiger partial charge in [-0.2, -0.15) is 28.2 Å². The van der Waals surface area contributed by atoms with Gasteiger partial charge in [0.25, 0.3) is 0 Å². The number of thiophene rings is 1. The standard InChI is InChI=1S/C36H42F3N7O4S/c1-20-16-25-23(17-41-46(25)26-9-5-6-14-49-26)27(29(20)36(37,38)39)30-31-22(10-11-40-30)28-32(45-13-15-48-19-35(3,47)18-45)42-34(43-33(28)51-31)50-21(2)24-8-7-12-44(24)4/h10-11,16-17,21,24,26,47H,5-9,12-15,18-19H2,1-4H3/t21-,24-,26?,35-/m0/s1. The van der Waals surface area contributed by atoms with E-state index in [9.17, 15) is 5.11 Å². The zero-order valence-electron chi connectivity index (χ0n) is 29.2. The maximum absolute atomic E-state index is 15.1. The van der Waals surface area contributed by atoms with E-state index in [1.807, 2.05) is 11.8 Å². The van der Waals surface area contributed by atoms with Crippen molar-refractivity contribution < 1.29 is 32.5 Å². The maximum Gasteiger partial charge on any atom is 0.417 e. The lowest BCUT2D eigenvalue weighted by atomic mass is 9.94. The van der Waals surface area contributed by atoms with Crippen LogP contribution in [0.5, 0.6) is 6.01 Å². The summed E-state index contributed by atoms with van der Waals surface area (Å²) in [6.07, 6.45) is 2.51. The van der Waals surface area contributed by atoms with Crippen LogP contribution in [-0.2, 0) is 15.7 Å². The Morgan fingerprint density at radius 2 is 1.96 bits per heavy atom. The highest BCUT2D eigenvalue weighted by Crippen LogP contribution is 2.48. The number of alkyl halides is 3. The van der Waals surface area contributed by atoms with E-state index in [0.717, 1.165) is 38.6 Å². The third kappa shape index (κ3) is 6.30. The molecule has 0 saturated carbocycles. The molecule has 0 aliphatic carbocycles. The summed E-state index contributed by atoms with van der Waals surface area (Å²) in [5.41, 5.74) is -1.09. The molecule has 5 aromatic rings. The normalized spacial score (nSPS) is 24.5. The summed E-state index contributed by atoms with van der Waals surface area (Å²) in [4.78, 5) is 19.3. The molecule has 0 spiro atoms. The highest BCUT2D eigenvalue weighted by Gasteiger charge is 2.39. The molecule has 1 N–H and O–H groups in total. The van der Waals surface area contributed by atoms with Gasteiger partial charge in [-0.25, -0.2) is 4.68 Å². The van der Waals surface area contributed by atoms with Crippen LogP contribution in [0.2, 0.25) is 0 Å². The minimum absolute atomic E-state index is 0.0216. The Bertz CT molecular complexity index is 2090. The third-order valence-corrected chi connectivity index (χ3v) is 11.5. The highest BCUT2D eigenvalue weighted by atomic mass is 32.1. The Hall–Kier alpha value is -3.63. The molecule has 272 valence electrons. The number of rotatable bonds is 6. The molecule has 0 bridgehead atoms. The van der Waals surface area contributed by atoms with E-state index in [1.165, 1.54) is 24.5 Å². The molecule has 4 aromatic heterocycles.